The third kappa shape index (κ3) is 2.97. The van der Waals surface area contributed by atoms with Crippen molar-refractivity contribution in [3.63, 3.8) is 0 Å². The highest BCUT2D eigenvalue weighted by molar-refractivity contribution is 5.48. The molecule has 5 nitrogen and oxygen atoms in total. The molecule has 2 heterocycles. The summed E-state index contributed by atoms with van der Waals surface area (Å²) in [6.07, 6.45) is 6.33. The molecule has 0 spiro atoms. The van der Waals surface area contributed by atoms with Crippen molar-refractivity contribution in [2.24, 2.45) is 0 Å². The Labute approximate surface area is 114 Å². The number of hydrogen-bond donors (Lipinski definition) is 0. The standard InChI is InChI=1S/C14H22N4O/c1-11(2)19-14-13(15-5-6-16-14)18-9-7-17(8-10-18)12-3-4-12/h5-6,11-12H,3-4,7-10H2,1-2H3. The largest absolute Gasteiger partial charge is 0.472 e. The minimum absolute atomic E-state index is 0.128. The highest BCUT2D eigenvalue weighted by Crippen LogP contribution is 2.30. The van der Waals surface area contributed by atoms with E-state index < -0.39 is 0 Å². The van der Waals surface area contributed by atoms with Gasteiger partial charge in [-0.05, 0) is 26.7 Å². The fourth-order valence-electron chi connectivity index (χ4n) is 2.58. The molecule has 0 N–H and O–H groups in total. The molecule has 19 heavy (non-hydrogen) atoms. The van der Waals surface area contributed by atoms with E-state index >= 15 is 0 Å². The summed E-state index contributed by atoms with van der Waals surface area (Å²) in [4.78, 5) is 13.7. The first kappa shape index (κ1) is 12.7. The molecule has 5 heteroatoms. The molecule has 0 aromatic carbocycles. The number of aromatic nitrogens is 2. The summed E-state index contributed by atoms with van der Waals surface area (Å²) >= 11 is 0. The Balaban J connectivity index is 1.68. The van der Waals surface area contributed by atoms with Gasteiger partial charge in [0.2, 0.25) is 0 Å². The van der Waals surface area contributed by atoms with Crippen LogP contribution in [0.25, 0.3) is 0 Å². The molecular formula is C14H22N4O. The van der Waals surface area contributed by atoms with Gasteiger partial charge in [-0.3, -0.25) is 4.90 Å². The van der Waals surface area contributed by atoms with Gasteiger partial charge in [-0.15, -0.1) is 0 Å². The first-order valence-corrected chi connectivity index (χ1v) is 7.20. The van der Waals surface area contributed by atoms with E-state index in [1.54, 1.807) is 12.4 Å². The number of piperazine rings is 1. The topological polar surface area (TPSA) is 41.5 Å². The predicted octanol–water partition coefficient (Wildman–Crippen LogP) is 1.55. The maximum Gasteiger partial charge on any atom is 0.257 e. The summed E-state index contributed by atoms with van der Waals surface area (Å²) in [5, 5.41) is 0. The number of rotatable bonds is 4. The molecular weight excluding hydrogens is 240 g/mol. The van der Waals surface area contributed by atoms with Crippen molar-refractivity contribution >= 4 is 5.82 Å². The van der Waals surface area contributed by atoms with E-state index in [1.807, 2.05) is 13.8 Å². The fraction of sp³-hybridized carbons (Fsp3) is 0.714. The van der Waals surface area contributed by atoms with Crippen molar-refractivity contribution < 1.29 is 4.74 Å². The number of ether oxygens (including phenoxy) is 1. The molecule has 0 bridgehead atoms. The second-order valence-corrected chi connectivity index (χ2v) is 5.61. The van der Waals surface area contributed by atoms with E-state index in [-0.39, 0.29) is 6.10 Å². The Kier molecular flexibility index (Phi) is 3.55. The summed E-state index contributed by atoms with van der Waals surface area (Å²) in [6, 6.07) is 0.857. The lowest BCUT2D eigenvalue weighted by Gasteiger charge is -2.35. The molecule has 2 aliphatic rings. The van der Waals surface area contributed by atoms with Crippen LogP contribution in [0.3, 0.4) is 0 Å². The molecule has 0 radical (unpaired) electrons. The normalized spacial score (nSPS) is 20.9. The zero-order chi connectivity index (χ0) is 13.2. The third-order valence-corrected chi connectivity index (χ3v) is 3.67. The summed E-state index contributed by atoms with van der Waals surface area (Å²) < 4.78 is 5.76. The lowest BCUT2D eigenvalue weighted by Crippen LogP contribution is -2.47. The zero-order valence-corrected chi connectivity index (χ0v) is 11.7. The Bertz CT molecular complexity index is 425. The lowest BCUT2D eigenvalue weighted by molar-refractivity contribution is 0.226. The second-order valence-electron chi connectivity index (χ2n) is 5.61. The number of anilines is 1. The summed E-state index contributed by atoms with van der Waals surface area (Å²) in [5.41, 5.74) is 0. The molecule has 1 aromatic heterocycles. The zero-order valence-electron chi connectivity index (χ0n) is 11.7. The van der Waals surface area contributed by atoms with Crippen LogP contribution in [0.1, 0.15) is 26.7 Å². The smallest absolute Gasteiger partial charge is 0.257 e. The quantitative estimate of drug-likeness (QED) is 0.823. The molecule has 104 valence electrons. The van der Waals surface area contributed by atoms with E-state index in [0.29, 0.717) is 5.88 Å². The summed E-state index contributed by atoms with van der Waals surface area (Å²) in [7, 11) is 0. The molecule has 0 atom stereocenters. The molecule has 3 rings (SSSR count). The average Bonchev–Trinajstić information content (AvgIpc) is 3.23. The molecule has 1 aliphatic carbocycles. The lowest BCUT2D eigenvalue weighted by atomic mass is 10.3. The van der Waals surface area contributed by atoms with Crippen molar-refractivity contribution in [1.29, 1.82) is 0 Å². The van der Waals surface area contributed by atoms with E-state index in [0.717, 1.165) is 38.0 Å². The van der Waals surface area contributed by atoms with Crippen LogP contribution in [0.2, 0.25) is 0 Å². The molecule has 0 unspecified atom stereocenters. The molecule has 1 saturated carbocycles. The number of hydrogen-bond acceptors (Lipinski definition) is 5. The van der Waals surface area contributed by atoms with Gasteiger partial charge in [0.15, 0.2) is 5.82 Å². The van der Waals surface area contributed by atoms with E-state index in [1.165, 1.54) is 12.8 Å². The monoisotopic (exact) mass is 262 g/mol. The van der Waals surface area contributed by atoms with Gasteiger partial charge in [-0.1, -0.05) is 0 Å². The van der Waals surface area contributed by atoms with Crippen LogP contribution in [0.15, 0.2) is 12.4 Å². The second kappa shape index (κ2) is 5.33. The maximum atomic E-state index is 5.76. The molecule has 1 aliphatic heterocycles. The number of nitrogens with zero attached hydrogens (tertiary/aromatic N) is 4. The third-order valence-electron chi connectivity index (χ3n) is 3.67. The highest BCUT2D eigenvalue weighted by atomic mass is 16.5. The molecule has 0 amide bonds. The van der Waals surface area contributed by atoms with Crippen LogP contribution >= 0.6 is 0 Å². The van der Waals surface area contributed by atoms with Crippen molar-refractivity contribution in [3.8, 4) is 5.88 Å². The maximum absolute atomic E-state index is 5.76. The first-order valence-electron chi connectivity index (χ1n) is 7.20. The summed E-state index contributed by atoms with van der Waals surface area (Å²) in [5.74, 6) is 1.56. The van der Waals surface area contributed by atoms with E-state index in [4.69, 9.17) is 4.74 Å². The van der Waals surface area contributed by atoms with E-state index in [9.17, 15) is 0 Å². The van der Waals surface area contributed by atoms with E-state index in [2.05, 4.69) is 19.8 Å². The Morgan fingerprint density at radius 3 is 2.42 bits per heavy atom. The predicted molar refractivity (Wildman–Crippen MR) is 74.6 cm³/mol. The first-order chi connectivity index (χ1) is 9.24. The van der Waals surface area contributed by atoms with Crippen molar-refractivity contribution in [3.05, 3.63) is 12.4 Å². The Morgan fingerprint density at radius 1 is 1.11 bits per heavy atom. The van der Waals surface area contributed by atoms with Crippen molar-refractivity contribution in [2.45, 2.75) is 38.8 Å². The van der Waals surface area contributed by atoms with Gasteiger partial charge >= 0.3 is 0 Å². The average molecular weight is 262 g/mol. The van der Waals surface area contributed by atoms with Crippen LogP contribution in [-0.4, -0.2) is 53.2 Å². The van der Waals surface area contributed by atoms with Crippen LogP contribution in [0.5, 0.6) is 5.88 Å². The van der Waals surface area contributed by atoms with Crippen LogP contribution < -0.4 is 9.64 Å². The van der Waals surface area contributed by atoms with Gasteiger partial charge in [0, 0.05) is 44.6 Å². The van der Waals surface area contributed by atoms with Crippen LogP contribution in [-0.2, 0) is 0 Å². The molecule has 1 aromatic rings. The molecule has 1 saturated heterocycles. The SMILES string of the molecule is CC(C)Oc1nccnc1N1CCN(C2CC2)CC1. The molecule has 2 fully saturated rings. The van der Waals surface area contributed by atoms with Gasteiger partial charge in [-0.2, -0.15) is 0 Å². The minimum atomic E-state index is 0.128. The van der Waals surface area contributed by atoms with Gasteiger partial charge in [0.1, 0.15) is 0 Å². The van der Waals surface area contributed by atoms with Gasteiger partial charge in [-0.25, -0.2) is 9.97 Å². The van der Waals surface area contributed by atoms with Crippen molar-refractivity contribution in [2.75, 3.05) is 31.1 Å². The van der Waals surface area contributed by atoms with Gasteiger partial charge < -0.3 is 9.64 Å². The minimum Gasteiger partial charge on any atom is -0.472 e. The van der Waals surface area contributed by atoms with Crippen LogP contribution in [0, 0.1) is 0 Å². The van der Waals surface area contributed by atoms with Gasteiger partial charge in [0.05, 0.1) is 6.10 Å². The van der Waals surface area contributed by atoms with Crippen molar-refractivity contribution in [1.82, 2.24) is 14.9 Å². The Hall–Kier alpha value is -1.36. The van der Waals surface area contributed by atoms with Crippen LogP contribution in [0.4, 0.5) is 5.82 Å². The summed E-state index contributed by atoms with van der Waals surface area (Å²) in [6.45, 7) is 8.32. The van der Waals surface area contributed by atoms with Gasteiger partial charge in [0.25, 0.3) is 5.88 Å². The highest BCUT2D eigenvalue weighted by Gasteiger charge is 2.32. The Morgan fingerprint density at radius 2 is 1.79 bits per heavy atom. The fourth-order valence-corrected chi connectivity index (χ4v) is 2.58.